The summed E-state index contributed by atoms with van der Waals surface area (Å²) in [4.78, 5) is 17.2. The van der Waals surface area contributed by atoms with E-state index in [0.29, 0.717) is 33.4 Å². The van der Waals surface area contributed by atoms with E-state index in [-0.39, 0.29) is 5.56 Å². The molecule has 0 radical (unpaired) electrons. The third kappa shape index (κ3) is 3.97. The van der Waals surface area contributed by atoms with Gasteiger partial charge in [-0.25, -0.2) is 4.98 Å². The maximum Gasteiger partial charge on any atom is 0.417 e. The molecule has 0 aliphatic carbocycles. The van der Waals surface area contributed by atoms with Crippen LogP contribution in [0.4, 0.5) is 13.2 Å². The van der Waals surface area contributed by atoms with Gasteiger partial charge in [0, 0.05) is 6.20 Å². The Hall–Kier alpha value is -3.66. The summed E-state index contributed by atoms with van der Waals surface area (Å²) in [5, 5.41) is 9.68. The van der Waals surface area contributed by atoms with Gasteiger partial charge in [-0.15, -0.1) is 10.2 Å². The maximum atomic E-state index is 13.3. The van der Waals surface area contributed by atoms with Crippen molar-refractivity contribution in [3.8, 4) is 0 Å². The molecule has 5 rings (SSSR count). The first kappa shape index (κ1) is 21.2. The fourth-order valence-corrected chi connectivity index (χ4v) is 4.30. The molecule has 6 nitrogen and oxygen atoms in total. The molecule has 0 bridgehead atoms. The molecule has 3 heterocycles. The number of rotatable bonds is 4. The zero-order valence-electron chi connectivity index (χ0n) is 17.2. The van der Waals surface area contributed by atoms with Gasteiger partial charge in [-0.3, -0.25) is 13.8 Å². The molecule has 2 aromatic carbocycles. The van der Waals surface area contributed by atoms with Gasteiger partial charge >= 0.3 is 6.18 Å². The van der Waals surface area contributed by atoms with Gasteiger partial charge < -0.3 is 0 Å². The minimum absolute atomic E-state index is 0.199. The van der Waals surface area contributed by atoms with Crippen molar-refractivity contribution in [3.63, 3.8) is 0 Å². The second-order valence-electron chi connectivity index (χ2n) is 7.50. The molecule has 0 aliphatic rings. The van der Waals surface area contributed by atoms with E-state index in [1.807, 2.05) is 31.2 Å². The average molecular weight is 467 g/mol. The van der Waals surface area contributed by atoms with Crippen molar-refractivity contribution in [1.82, 2.24) is 24.1 Å². The predicted molar refractivity (Wildman–Crippen MR) is 118 cm³/mol. The number of para-hydroxylation sites is 1. The standard InChI is InChI=1S/C23H16F3N5OS/c1-14-6-8-15(9-7-14)13-30-20(32)17-4-2-3-5-18(17)31-21(30)28-29-22(31)33-19-11-10-16(12-27-19)23(24,25)26/h2-12H,13H2,1H3. The van der Waals surface area contributed by atoms with Crippen LogP contribution >= 0.6 is 11.8 Å². The summed E-state index contributed by atoms with van der Waals surface area (Å²) in [7, 11) is 0. The SMILES string of the molecule is Cc1ccc(Cn2c(=O)c3ccccc3n3c(Sc4ccc(C(F)(F)F)cn4)nnc23)cc1. The number of aryl methyl sites for hydroxylation is 1. The number of halogens is 3. The van der Waals surface area contributed by atoms with Gasteiger partial charge in [0.2, 0.25) is 10.9 Å². The Bertz CT molecular complexity index is 1520. The molecule has 3 aromatic heterocycles. The third-order valence-electron chi connectivity index (χ3n) is 5.20. The summed E-state index contributed by atoms with van der Waals surface area (Å²) in [5.74, 6) is 0.341. The van der Waals surface area contributed by atoms with Crippen molar-refractivity contribution in [2.45, 2.75) is 29.8 Å². The van der Waals surface area contributed by atoms with Crippen LogP contribution in [0.2, 0.25) is 0 Å². The predicted octanol–water partition coefficient (Wildman–Crippen LogP) is 4.97. The number of pyridine rings is 1. The van der Waals surface area contributed by atoms with Crippen LogP contribution in [0.25, 0.3) is 16.7 Å². The number of benzene rings is 2. The molecule has 0 saturated heterocycles. The molecule has 0 N–H and O–H groups in total. The molecule has 33 heavy (non-hydrogen) atoms. The Labute approximate surface area is 189 Å². The van der Waals surface area contributed by atoms with Crippen LogP contribution in [0, 0.1) is 6.92 Å². The van der Waals surface area contributed by atoms with Crippen LogP contribution in [0.1, 0.15) is 16.7 Å². The van der Waals surface area contributed by atoms with Crippen molar-refractivity contribution >= 4 is 28.4 Å². The quantitative estimate of drug-likeness (QED) is 0.374. The monoisotopic (exact) mass is 467 g/mol. The zero-order valence-corrected chi connectivity index (χ0v) is 18.1. The largest absolute Gasteiger partial charge is 0.417 e. The summed E-state index contributed by atoms with van der Waals surface area (Å²) in [5.41, 5.74) is 1.63. The molecule has 0 saturated carbocycles. The van der Waals surface area contributed by atoms with Crippen LogP contribution in [0.15, 0.2) is 81.8 Å². The number of aromatic nitrogens is 5. The summed E-state index contributed by atoms with van der Waals surface area (Å²) < 4.78 is 41.8. The minimum Gasteiger partial charge on any atom is -0.272 e. The minimum atomic E-state index is -4.46. The number of hydrogen-bond donors (Lipinski definition) is 0. The third-order valence-corrected chi connectivity index (χ3v) is 6.10. The van der Waals surface area contributed by atoms with Crippen LogP contribution in [0.3, 0.4) is 0 Å². The molecule has 166 valence electrons. The van der Waals surface area contributed by atoms with Gasteiger partial charge in [0.15, 0.2) is 0 Å². The van der Waals surface area contributed by atoms with Gasteiger partial charge in [-0.05, 0) is 48.5 Å². The topological polar surface area (TPSA) is 65.1 Å². The lowest BCUT2D eigenvalue weighted by Crippen LogP contribution is -2.24. The number of hydrogen-bond acceptors (Lipinski definition) is 5. The molecule has 0 fully saturated rings. The molecule has 0 spiro atoms. The van der Waals surface area contributed by atoms with Crippen molar-refractivity contribution in [2.24, 2.45) is 0 Å². The first-order chi connectivity index (χ1) is 15.8. The molecule has 10 heteroatoms. The van der Waals surface area contributed by atoms with E-state index in [0.717, 1.165) is 35.2 Å². The Morgan fingerprint density at radius 1 is 0.970 bits per heavy atom. The van der Waals surface area contributed by atoms with Gasteiger partial charge in [0.05, 0.1) is 23.0 Å². The average Bonchev–Trinajstić information content (AvgIpc) is 3.21. The molecule has 5 aromatic rings. The highest BCUT2D eigenvalue weighted by Gasteiger charge is 2.30. The second-order valence-corrected chi connectivity index (χ2v) is 8.48. The van der Waals surface area contributed by atoms with Gasteiger partial charge in [-0.2, -0.15) is 13.2 Å². The van der Waals surface area contributed by atoms with Crippen LogP contribution in [0.5, 0.6) is 0 Å². The van der Waals surface area contributed by atoms with Crippen molar-refractivity contribution in [3.05, 3.63) is 93.9 Å². The van der Waals surface area contributed by atoms with Gasteiger partial charge in [-0.1, -0.05) is 42.0 Å². The lowest BCUT2D eigenvalue weighted by molar-refractivity contribution is -0.137. The summed E-state index contributed by atoms with van der Waals surface area (Å²) in [6, 6.07) is 17.2. The van der Waals surface area contributed by atoms with E-state index in [1.165, 1.54) is 6.07 Å². The molecular formula is C23H16F3N5OS. The molecule has 0 atom stereocenters. The van der Waals surface area contributed by atoms with E-state index in [2.05, 4.69) is 15.2 Å². The Kier molecular flexibility index (Phi) is 5.16. The molecule has 0 aliphatic heterocycles. The first-order valence-electron chi connectivity index (χ1n) is 9.94. The Morgan fingerprint density at radius 3 is 2.42 bits per heavy atom. The highest BCUT2D eigenvalue weighted by Crippen LogP contribution is 2.31. The molecule has 0 unspecified atom stereocenters. The zero-order chi connectivity index (χ0) is 23.2. The van der Waals surface area contributed by atoms with E-state index >= 15 is 0 Å². The Balaban J connectivity index is 1.63. The van der Waals surface area contributed by atoms with Crippen LogP contribution in [-0.4, -0.2) is 24.1 Å². The van der Waals surface area contributed by atoms with Crippen molar-refractivity contribution in [1.29, 1.82) is 0 Å². The highest BCUT2D eigenvalue weighted by molar-refractivity contribution is 7.99. The normalized spacial score (nSPS) is 12.0. The Morgan fingerprint density at radius 2 is 1.73 bits per heavy atom. The van der Waals surface area contributed by atoms with Crippen molar-refractivity contribution < 1.29 is 13.2 Å². The summed E-state index contributed by atoms with van der Waals surface area (Å²) in [6.07, 6.45) is -3.67. The number of alkyl halides is 3. The van der Waals surface area contributed by atoms with Crippen LogP contribution < -0.4 is 5.56 Å². The second kappa shape index (κ2) is 8.04. The molecule has 0 amide bonds. The van der Waals surface area contributed by atoms with Gasteiger partial charge in [0.1, 0.15) is 5.03 Å². The fraction of sp³-hybridized carbons (Fsp3) is 0.130. The number of nitrogens with zero attached hydrogens (tertiary/aromatic N) is 5. The van der Waals surface area contributed by atoms with Crippen molar-refractivity contribution in [2.75, 3.05) is 0 Å². The van der Waals surface area contributed by atoms with Gasteiger partial charge in [0.25, 0.3) is 5.56 Å². The lowest BCUT2D eigenvalue weighted by atomic mass is 10.1. The fourth-order valence-electron chi connectivity index (χ4n) is 3.52. The van der Waals surface area contributed by atoms with E-state index < -0.39 is 11.7 Å². The van der Waals surface area contributed by atoms with E-state index in [4.69, 9.17) is 0 Å². The molecular weight excluding hydrogens is 451 g/mol. The number of fused-ring (bicyclic) bond motifs is 3. The highest BCUT2D eigenvalue weighted by atomic mass is 32.2. The lowest BCUT2D eigenvalue weighted by Gasteiger charge is -2.11. The van der Waals surface area contributed by atoms with E-state index in [1.54, 1.807) is 33.2 Å². The summed E-state index contributed by atoms with van der Waals surface area (Å²) >= 11 is 1.08. The first-order valence-corrected chi connectivity index (χ1v) is 10.8. The summed E-state index contributed by atoms with van der Waals surface area (Å²) in [6.45, 7) is 2.29. The smallest absolute Gasteiger partial charge is 0.272 e. The van der Waals surface area contributed by atoms with Crippen LogP contribution in [-0.2, 0) is 12.7 Å². The van der Waals surface area contributed by atoms with E-state index in [9.17, 15) is 18.0 Å². The maximum absolute atomic E-state index is 13.3.